The number of halogens is 4. The molecule has 1 aromatic heterocycles. The number of alkyl halides is 3. The van der Waals surface area contributed by atoms with Crippen LogP contribution >= 0.6 is 15.9 Å². The van der Waals surface area contributed by atoms with E-state index in [1.807, 2.05) is 24.3 Å². The summed E-state index contributed by atoms with van der Waals surface area (Å²) in [6.45, 7) is 0. The third-order valence-corrected chi connectivity index (χ3v) is 7.37. The summed E-state index contributed by atoms with van der Waals surface area (Å²) in [6.07, 6.45) is -2.92. The Balaban J connectivity index is 1.53. The number of ether oxygens (including phenoxy) is 1. The van der Waals surface area contributed by atoms with E-state index in [0.29, 0.717) is 17.1 Å². The topological polar surface area (TPSA) is 56.3 Å². The van der Waals surface area contributed by atoms with Gasteiger partial charge in [0.05, 0.1) is 21.7 Å². The second kappa shape index (κ2) is 8.55. The van der Waals surface area contributed by atoms with Crippen LogP contribution in [0.4, 0.5) is 13.2 Å². The summed E-state index contributed by atoms with van der Waals surface area (Å²) in [7, 11) is -3.87. The minimum atomic E-state index is -4.55. The Hall–Kier alpha value is -2.91. The molecule has 0 N–H and O–H groups in total. The second-order valence-corrected chi connectivity index (χ2v) is 9.79. The molecule has 0 aliphatic rings. The van der Waals surface area contributed by atoms with Crippen molar-refractivity contribution < 1.29 is 26.3 Å². The smallest absolute Gasteiger partial charge is 0.416 e. The van der Waals surface area contributed by atoms with Gasteiger partial charge in [0.25, 0.3) is 0 Å². The highest BCUT2D eigenvalue weighted by Crippen LogP contribution is 2.35. The molecule has 0 saturated carbocycles. The van der Waals surface area contributed by atoms with E-state index < -0.39 is 21.6 Å². The van der Waals surface area contributed by atoms with Crippen LogP contribution < -0.4 is 4.74 Å². The summed E-state index contributed by atoms with van der Waals surface area (Å²) in [5.41, 5.74) is 0.340. The molecule has 0 aliphatic carbocycles. The van der Waals surface area contributed by atoms with E-state index in [1.54, 1.807) is 36.5 Å². The Morgan fingerprint density at radius 3 is 2.34 bits per heavy atom. The molecule has 164 valence electrons. The summed E-state index contributed by atoms with van der Waals surface area (Å²) < 4.78 is 69.8. The molecule has 4 nitrogen and oxygen atoms in total. The Morgan fingerprint density at radius 1 is 0.938 bits per heavy atom. The molecule has 0 atom stereocenters. The number of rotatable bonds is 5. The second-order valence-electron chi connectivity index (χ2n) is 6.97. The number of hydrogen-bond donors (Lipinski definition) is 0. The van der Waals surface area contributed by atoms with Gasteiger partial charge in [-0.3, -0.25) is 4.98 Å². The molecule has 0 radical (unpaired) electrons. The van der Waals surface area contributed by atoms with Crippen molar-refractivity contribution in [2.75, 3.05) is 0 Å². The Labute approximate surface area is 190 Å². The quantitative estimate of drug-likeness (QED) is 0.290. The summed E-state index contributed by atoms with van der Waals surface area (Å²) in [4.78, 5) is 4.08. The lowest BCUT2D eigenvalue weighted by Crippen LogP contribution is -2.09. The maximum absolute atomic E-state index is 12.8. The number of sulfone groups is 1. The molecular weight excluding hydrogens is 507 g/mol. The molecular formula is C23H15BrF3NO3S. The first kappa shape index (κ1) is 22.3. The monoisotopic (exact) mass is 521 g/mol. The van der Waals surface area contributed by atoms with E-state index >= 15 is 0 Å². The van der Waals surface area contributed by atoms with Crippen LogP contribution in [0.2, 0.25) is 0 Å². The van der Waals surface area contributed by atoms with Crippen LogP contribution in [0, 0.1) is 0 Å². The lowest BCUT2D eigenvalue weighted by atomic mass is 10.2. The summed E-state index contributed by atoms with van der Waals surface area (Å²) in [6, 6.07) is 18.2. The van der Waals surface area contributed by atoms with E-state index in [2.05, 4.69) is 20.9 Å². The fourth-order valence-electron chi connectivity index (χ4n) is 3.17. The highest BCUT2D eigenvalue weighted by atomic mass is 79.9. The Bertz CT molecular complexity index is 1380. The van der Waals surface area contributed by atoms with Gasteiger partial charge < -0.3 is 4.74 Å². The van der Waals surface area contributed by atoms with E-state index in [-0.39, 0.29) is 15.1 Å². The predicted molar refractivity (Wildman–Crippen MR) is 118 cm³/mol. The van der Waals surface area contributed by atoms with Crippen molar-refractivity contribution in [2.24, 2.45) is 0 Å². The summed E-state index contributed by atoms with van der Waals surface area (Å²) in [5, 5.41) is 0.841. The average Bonchev–Trinajstić information content (AvgIpc) is 2.74. The van der Waals surface area contributed by atoms with Crippen molar-refractivity contribution in [2.45, 2.75) is 16.8 Å². The van der Waals surface area contributed by atoms with Gasteiger partial charge in [-0.15, -0.1) is 0 Å². The van der Waals surface area contributed by atoms with Crippen molar-refractivity contribution in [3.8, 4) is 11.5 Å². The number of benzene rings is 3. The number of para-hydroxylation sites is 1. The zero-order chi connectivity index (χ0) is 22.9. The van der Waals surface area contributed by atoms with Crippen LogP contribution in [-0.4, -0.2) is 13.4 Å². The van der Waals surface area contributed by atoms with Crippen LogP contribution in [0.1, 0.15) is 11.1 Å². The molecule has 0 aliphatic heterocycles. The third kappa shape index (κ3) is 4.78. The lowest BCUT2D eigenvalue weighted by molar-refractivity contribution is -0.137. The minimum Gasteiger partial charge on any atom is -0.457 e. The first-order chi connectivity index (χ1) is 15.1. The van der Waals surface area contributed by atoms with Crippen molar-refractivity contribution in [1.29, 1.82) is 0 Å². The van der Waals surface area contributed by atoms with Crippen molar-refractivity contribution >= 4 is 36.7 Å². The van der Waals surface area contributed by atoms with E-state index in [0.717, 1.165) is 29.1 Å². The standard InChI is InChI=1S/C23H15BrF3NO3S/c24-19-13-16(23(25,26)27)7-10-22(19)32(29,30)14-15-5-8-17(9-6-15)31-21-11-12-28-20-4-2-1-3-18(20)21/h1-13H,14H2. The number of fused-ring (bicyclic) bond motifs is 1. The van der Waals surface area contributed by atoms with E-state index in [9.17, 15) is 21.6 Å². The van der Waals surface area contributed by atoms with Crippen LogP contribution in [0.5, 0.6) is 11.5 Å². The highest BCUT2D eigenvalue weighted by molar-refractivity contribution is 9.10. The molecule has 0 bridgehead atoms. The number of nitrogens with zero attached hydrogens (tertiary/aromatic N) is 1. The van der Waals surface area contributed by atoms with Gasteiger partial charge >= 0.3 is 6.18 Å². The molecule has 0 saturated heterocycles. The molecule has 3 aromatic carbocycles. The molecule has 4 aromatic rings. The summed E-state index contributed by atoms with van der Waals surface area (Å²) in [5.74, 6) is 0.762. The predicted octanol–water partition coefficient (Wildman–Crippen LogP) is 6.78. The van der Waals surface area contributed by atoms with E-state index in [4.69, 9.17) is 4.74 Å². The van der Waals surface area contributed by atoms with Crippen LogP contribution in [0.3, 0.4) is 0 Å². The molecule has 0 spiro atoms. The first-order valence-electron chi connectivity index (χ1n) is 9.33. The molecule has 32 heavy (non-hydrogen) atoms. The Kier molecular flexibility index (Phi) is 5.96. The van der Waals surface area contributed by atoms with Crippen molar-refractivity contribution in [3.05, 3.63) is 94.6 Å². The van der Waals surface area contributed by atoms with Crippen molar-refractivity contribution in [1.82, 2.24) is 4.98 Å². The average molecular weight is 522 g/mol. The fraction of sp³-hybridized carbons (Fsp3) is 0.0870. The normalized spacial score (nSPS) is 12.1. The van der Waals surface area contributed by atoms with Gasteiger partial charge in [0.1, 0.15) is 11.5 Å². The molecule has 0 unspecified atom stereocenters. The lowest BCUT2D eigenvalue weighted by Gasteiger charge is -2.12. The van der Waals surface area contributed by atoms with Gasteiger partial charge in [-0.1, -0.05) is 24.3 Å². The van der Waals surface area contributed by atoms with Crippen molar-refractivity contribution in [3.63, 3.8) is 0 Å². The number of hydrogen-bond acceptors (Lipinski definition) is 4. The Morgan fingerprint density at radius 2 is 1.66 bits per heavy atom. The van der Waals surface area contributed by atoms with E-state index in [1.165, 1.54) is 0 Å². The number of pyridine rings is 1. The van der Waals surface area contributed by atoms with Gasteiger partial charge in [0.15, 0.2) is 9.84 Å². The minimum absolute atomic E-state index is 0.128. The maximum atomic E-state index is 12.8. The first-order valence-corrected chi connectivity index (χ1v) is 11.8. The molecule has 0 fully saturated rings. The summed E-state index contributed by atoms with van der Waals surface area (Å²) >= 11 is 2.95. The van der Waals surface area contributed by atoms with Gasteiger partial charge in [-0.2, -0.15) is 13.2 Å². The SMILES string of the molecule is O=S(=O)(Cc1ccc(Oc2ccnc3ccccc23)cc1)c1ccc(C(F)(F)F)cc1Br. The highest BCUT2D eigenvalue weighted by Gasteiger charge is 2.32. The molecule has 9 heteroatoms. The fourth-order valence-corrected chi connectivity index (χ4v) is 5.70. The molecule has 4 rings (SSSR count). The van der Waals surface area contributed by atoms with Gasteiger partial charge in [0.2, 0.25) is 0 Å². The maximum Gasteiger partial charge on any atom is 0.416 e. The van der Waals surface area contributed by atoms with Gasteiger partial charge in [0, 0.05) is 16.1 Å². The largest absolute Gasteiger partial charge is 0.457 e. The van der Waals surface area contributed by atoms with Gasteiger partial charge in [-0.05, 0) is 70.0 Å². The van der Waals surface area contributed by atoms with Crippen LogP contribution in [0.25, 0.3) is 10.9 Å². The zero-order valence-electron chi connectivity index (χ0n) is 16.3. The van der Waals surface area contributed by atoms with Crippen LogP contribution in [0.15, 0.2) is 88.4 Å². The third-order valence-electron chi connectivity index (χ3n) is 4.71. The zero-order valence-corrected chi connectivity index (χ0v) is 18.7. The molecule has 0 amide bonds. The van der Waals surface area contributed by atoms with Crippen LogP contribution in [-0.2, 0) is 21.8 Å². The number of aromatic nitrogens is 1. The molecule has 1 heterocycles. The van der Waals surface area contributed by atoms with Gasteiger partial charge in [-0.25, -0.2) is 8.42 Å².